The first-order chi connectivity index (χ1) is 24.2. The van der Waals surface area contributed by atoms with Gasteiger partial charge in [-0.3, -0.25) is 29.0 Å². The van der Waals surface area contributed by atoms with Crippen molar-refractivity contribution in [1.82, 2.24) is 25.8 Å². The smallest absolute Gasteiger partial charge is 0.246 e. The monoisotopic (exact) mass is 704 g/mol. The van der Waals surface area contributed by atoms with Crippen molar-refractivity contribution < 1.29 is 24.0 Å². The van der Waals surface area contributed by atoms with Gasteiger partial charge in [0, 0.05) is 49.8 Å². The highest BCUT2D eigenvalue weighted by Gasteiger charge is 2.51. The van der Waals surface area contributed by atoms with Crippen molar-refractivity contribution in [2.45, 2.75) is 107 Å². The van der Waals surface area contributed by atoms with Gasteiger partial charge in [-0.25, -0.2) is 0 Å². The number of guanidine groups is 1. The van der Waals surface area contributed by atoms with Crippen LogP contribution in [0.4, 0.5) is 0 Å². The molecule has 0 bridgehead atoms. The number of nitrogens with one attached hydrogen (secondary N) is 3. The number of amides is 5. The lowest BCUT2D eigenvalue weighted by atomic mass is 9.84. The summed E-state index contributed by atoms with van der Waals surface area (Å²) < 4.78 is 0. The lowest BCUT2D eigenvalue weighted by Crippen LogP contribution is -2.62. The second kappa shape index (κ2) is 16.0. The van der Waals surface area contributed by atoms with E-state index >= 15 is 4.79 Å². The molecule has 14 heteroatoms. The summed E-state index contributed by atoms with van der Waals surface area (Å²) in [5.74, 6) is -1.55. The van der Waals surface area contributed by atoms with Crippen molar-refractivity contribution in [3.05, 3.63) is 57.8 Å². The summed E-state index contributed by atoms with van der Waals surface area (Å²) in [4.78, 5) is 79.0. The van der Waals surface area contributed by atoms with E-state index in [2.05, 4.69) is 20.9 Å². The maximum absolute atomic E-state index is 15.0. The Labute approximate surface area is 296 Å². The van der Waals surface area contributed by atoms with Crippen LogP contribution in [0, 0.1) is 5.92 Å². The van der Waals surface area contributed by atoms with E-state index in [-0.39, 0.29) is 73.4 Å². The molecule has 1 aromatic carbocycles. The molecule has 5 amide bonds. The third-order valence-corrected chi connectivity index (χ3v) is 11.4. The zero-order valence-electron chi connectivity index (χ0n) is 28.4. The average molecular weight is 705 g/mol. The van der Waals surface area contributed by atoms with Crippen LogP contribution in [0.1, 0.15) is 73.8 Å². The lowest BCUT2D eigenvalue weighted by Gasteiger charge is -2.42. The number of carbonyl (C=O) groups excluding carboxylic acids is 5. The van der Waals surface area contributed by atoms with Crippen LogP contribution in [-0.2, 0) is 43.4 Å². The number of hydrogen-bond acceptors (Lipinski definition) is 7. The number of nitrogens with two attached hydrogens (primary N) is 2. The van der Waals surface area contributed by atoms with E-state index in [1.165, 1.54) is 11.3 Å². The molecule has 0 spiro atoms. The van der Waals surface area contributed by atoms with Gasteiger partial charge < -0.3 is 37.2 Å². The molecular weight excluding hydrogens is 657 g/mol. The molecule has 2 aromatic rings. The summed E-state index contributed by atoms with van der Waals surface area (Å²) in [5.41, 5.74) is 12.9. The highest BCUT2D eigenvalue weighted by molar-refractivity contribution is 7.09. The summed E-state index contributed by atoms with van der Waals surface area (Å²) in [6, 6.07) is 8.11. The Morgan fingerprint density at radius 2 is 1.68 bits per heavy atom. The van der Waals surface area contributed by atoms with Gasteiger partial charge in [0.25, 0.3) is 0 Å². The second-order valence-corrected chi connectivity index (χ2v) is 14.9. The molecule has 13 nitrogen and oxygen atoms in total. The van der Waals surface area contributed by atoms with E-state index in [9.17, 15) is 19.2 Å². The Morgan fingerprint density at radius 1 is 0.880 bits per heavy atom. The summed E-state index contributed by atoms with van der Waals surface area (Å²) in [6.07, 6.45) is 5.90. The van der Waals surface area contributed by atoms with Gasteiger partial charge >= 0.3 is 0 Å². The molecule has 4 heterocycles. The largest absolute Gasteiger partial charge is 0.370 e. The van der Waals surface area contributed by atoms with Crippen LogP contribution in [0.15, 0.2) is 46.8 Å². The van der Waals surface area contributed by atoms with Crippen LogP contribution in [-0.4, -0.2) is 88.6 Å². The van der Waals surface area contributed by atoms with Crippen LogP contribution in [0.5, 0.6) is 0 Å². The lowest BCUT2D eigenvalue weighted by molar-refractivity contribution is -0.153. The predicted molar refractivity (Wildman–Crippen MR) is 190 cm³/mol. The topological polar surface area (TPSA) is 192 Å². The van der Waals surface area contributed by atoms with E-state index in [1.54, 1.807) is 9.80 Å². The van der Waals surface area contributed by atoms with Crippen LogP contribution < -0.4 is 27.4 Å². The fraction of sp³-hybridized carbons (Fsp3) is 0.556. The number of fused-ring (bicyclic) bond motifs is 5. The fourth-order valence-corrected chi connectivity index (χ4v) is 8.83. The number of nitrogens with zero attached hydrogens (tertiary/aromatic N) is 3. The molecule has 6 atom stereocenters. The molecule has 1 aliphatic carbocycles. The molecule has 50 heavy (non-hydrogen) atoms. The molecule has 2 saturated heterocycles. The third-order valence-electron chi connectivity index (χ3n) is 10.5. The van der Waals surface area contributed by atoms with E-state index < -0.39 is 24.2 Å². The molecule has 1 aromatic heterocycles. The van der Waals surface area contributed by atoms with Gasteiger partial charge in [-0.05, 0) is 67.0 Å². The van der Waals surface area contributed by atoms with Crippen molar-refractivity contribution in [2.75, 3.05) is 13.1 Å². The molecule has 1 saturated carbocycles. The third kappa shape index (κ3) is 8.11. The van der Waals surface area contributed by atoms with Crippen LogP contribution in [0.2, 0.25) is 0 Å². The summed E-state index contributed by atoms with van der Waals surface area (Å²) in [6.45, 7) is 0.719. The maximum Gasteiger partial charge on any atom is 0.246 e. The summed E-state index contributed by atoms with van der Waals surface area (Å²) in [7, 11) is 0. The molecule has 6 rings (SSSR count). The molecule has 268 valence electrons. The van der Waals surface area contributed by atoms with Gasteiger partial charge in [-0.15, -0.1) is 11.3 Å². The second-order valence-electron chi connectivity index (χ2n) is 13.9. The highest BCUT2D eigenvalue weighted by atomic mass is 32.1. The van der Waals surface area contributed by atoms with Gasteiger partial charge in [0.2, 0.25) is 29.5 Å². The van der Waals surface area contributed by atoms with E-state index in [0.29, 0.717) is 38.6 Å². The zero-order valence-corrected chi connectivity index (χ0v) is 29.2. The van der Waals surface area contributed by atoms with Crippen molar-refractivity contribution in [1.29, 1.82) is 0 Å². The molecule has 4 aliphatic rings. The first-order valence-electron chi connectivity index (χ1n) is 17.8. The van der Waals surface area contributed by atoms with Gasteiger partial charge in [0.15, 0.2) is 5.96 Å². The zero-order chi connectivity index (χ0) is 35.2. The predicted octanol–water partition coefficient (Wildman–Crippen LogP) is 1.34. The number of carbonyl (C=O) groups is 5. The van der Waals surface area contributed by atoms with Crippen LogP contribution in [0.3, 0.4) is 0 Å². The number of thiophene rings is 1. The SMILES string of the molecule is NC(N)=NCCC[C@@H]1NC(=O)[C@@H]2CC3CCCCC3N2C(=O)[C@H]2Cc3ccccc3CN2C(=O)[C@H](Cc2cccs2)NC(=O)CCCNC1=O. The van der Waals surface area contributed by atoms with Crippen molar-refractivity contribution in [3.63, 3.8) is 0 Å². The van der Waals surface area contributed by atoms with Gasteiger partial charge in [-0.2, -0.15) is 0 Å². The summed E-state index contributed by atoms with van der Waals surface area (Å²) in [5, 5.41) is 10.7. The van der Waals surface area contributed by atoms with Crippen molar-refractivity contribution >= 4 is 46.8 Å². The first-order valence-corrected chi connectivity index (χ1v) is 18.7. The Hall–Kier alpha value is -4.46. The molecular formula is C36H48N8O5S. The summed E-state index contributed by atoms with van der Waals surface area (Å²) >= 11 is 1.51. The number of aliphatic imine (C=N–C) groups is 1. The van der Waals surface area contributed by atoms with E-state index in [4.69, 9.17) is 11.5 Å². The maximum atomic E-state index is 15.0. The van der Waals surface area contributed by atoms with Crippen LogP contribution >= 0.6 is 11.3 Å². The Kier molecular flexibility index (Phi) is 11.4. The number of rotatable bonds is 6. The first kappa shape index (κ1) is 35.4. The Balaban J connectivity index is 1.36. The van der Waals surface area contributed by atoms with Crippen LogP contribution in [0.25, 0.3) is 0 Å². The van der Waals surface area contributed by atoms with E-state index in [0.717, 1.165) is 41.7 Å². The molecule has 3 aliphatic heterocycles. The number of benzene rings is 1. The molecule has 0 radical (unpaired) electrons. The highest BCUT2D eigenvalue weighted by Crippen LogP contribution is 2.41. The average Bonchev–Trinajstić information content (AvgIpc) is 3.77. The minimum atomic E-state index is -0.887. The van der Waals surface area contributed by atoms with Gasteiger partial charge in [-0.1, -0.05) is 43.2 Å². The molecule has 2 unspecified atom stereocenters. The Bertz CT molecular complexity index is 1590. The van der Waals surface area contributed by atoms with E-state index in [1.807, 2.05) is 41.8 Å². The standard InChI is InChI=1S/C36H48N8O5S/c37-36(38)40-16-5-12-26-32(46)39-15-6-14-31(45)41-27(20-25-11-7-17-50-25)34(48)43-21-24-10-2-1-8-22(24)18-30(43)35(49)44-28-13-4-3-9-23(28)19-29(44)33(47)42-26/h1-2,7-8,10-11,17,23,26-30H,3-6,9,12-16,18-21H2,(H,39,46)(H,41,45)(H,42,47)(H4,37,38,40)/t23?,26-,27-,28?,29-,30+/m0/s1. The minimum absolute atomic E-state index is 0.0520. The quantitative estimate of drug-likeness (QED) is 0.170. The minimum Gasteiger partial charge on any atom is -0.370 e. The van der Waals surface area contributed by atoms with Gasteiger partial charge in [0.05, 0.1) is 0 Å². The van der Waals surface area contributed by atoms with Crippen molar-refractivity contribution in [3.8, 4) is 0 Å². The molecule has 3 fully saturated rings. The molecule has 7 N–H and O–H groups in total. The van der Waals surface area contributed by atoms with Gasteiger partial charge in [0.1, 0.15) is 24.2 Å². The fourth-order valence-electron chi connectivity index (χ4n) is 8.08. The van der Waals surface area contributed by atoms with Crippen molar-refractivity contribution in [2.24, 2.45) is 22.4 Å². The number of hydrogen-bond donors (Lipinski definition) is 5. The normalized spacial score (nSPS) is 27.9. The Morgan fingerprint density at radius 3 is 2.46 bits per heavy atom.